The van der Waals surface area contributed by atoms with Crippen molar-refractivity contribution in [2.75, 3.05) is 13.2 Å². The fourth-order valence-corrected chi connectivity index (χ4v) is 5.45. The highest BCUT2D eigenvalue weighted by molar-refractivity contribution is 5.15. The zero-order chi connectivity index (χ0) is 15.3. The lowest BCUT2D eigenvalue weighted by atomic mass is 9.55. The summed E-state index contributed by atoms with van der Waals surface area (Å²) in [5.41, 5.74) is 1.48. The number of hydrogen-bond donors (Lipinski definition) is 1. The highest BCUT2D eigenvalue weighted by Crippen LogP contribution is 2.68. The van der Waals surface area contributed by atoms with E-state index in [2.05, 4.69) is 39.9 Å². The Morgan fingerprint density at radius 2 is 1.62 bits per heavy atom. The van der Waals surface area contributed by atoms with Crippen LogP contribution in [0.4, 0.5) is 0 Å². The molecule has 3 fully saturated rings. The van der Waals surface area contributed by atoms with E-state index < -0.39 is 0 Å². The second-order valence-electron chi connectivity index (χ2n) is 8.93. The molecule has 0 radical (unpaired) electrons. The van der Waals surface area contributed by atoms with Crippen LogP contribution in [0.3, 0.4) is 0 Å². The van der Waals surface area contributed by atoms with Crippen molar-refractivity contribution in [1.82, 2.24) is 5.32 Å². The van der Waals surface area contributed by atoms with Crippen LogP contribution in [0.5, 0.6) is 0 Å². The van der Waals surface area contributed by atoms with Gasteiger partial charge in [0, 0.05) is 18.1 Å². The molecule has 2 unspecified atom stereocenters. The molecule has 0 saturated heterocycles. The maximum Gasteiger partial charge on any atom is 0.0661 e. The van der Waals surface area contributed by atoms with Crippen molar-refractivity contribution in [1.29, 1.82) is 0 Å². The monoisotopic (exact) mass is 293 g/mol. The molecule has 3 saturated carbocycles. The lowest BCUT2D eigenvalue weighted by Crippen LogP contribution is -2.64. The van der Waals surface area contributed by atoms with E-state index in [0.717, 1.165) is 12.5 Å². The number of rotatable bonds is 5. The summed E-state index contributed by atoms with van der Waals surface area (Å²) >= 11 is 0. The normalized spacial score (nSPS) is 36.4. The molecule has 0 bridgehead atoms. The Labute approximate surface area is 131 Å². The van der Waals surface area contributed by atoms with Crippen molar-refractivity contribution in [3.63, 3.8) is 0 Å². The standard InChI is InChI=1S/C19H35NO/c1-6-21-16-12-15(19(16)10-8-7-9-11-19)20-13-14-17(2,3)18(14,4)5/h14-16,20H,6-13H2,1-5H3. The van der Waals surface area contributed by atoms with Gasteiger partial charge in [0.05, 0.1) is 6.10 Å². The van der Waals surface area contributed by atoms with E-state index in [1.54, 1.807) is 0 Å². The Hall–Kier alpha value is -0.0800. The Morgan fingerprint density at radius 1 is 1.00 bits per heavy atom. The topological polar surface area (TPSA) is 21.3 Å². The van der Waals surface area contributed by atoms with Gasteiger partial charge in [0.2, 0.25) is 0 Å². The Balaban J connectivity index is 1.59. The van der Waals surface area contributed by atoms with Gasteiger partial charge >= 0.3 is 0 Å². The average Bonchev–Trinajstić information content (AvgIpc) is 2.84. The fourth-order valence-electron chi connectivity index (χ4n) is 5.45. The van der Waals surface area contributed by atoms with Crippen LogP contribution in [0, 0.1) is 22.2 Å². The van der Waals surface area contributed by atoms with Gasteiger partial charge in [-0.3, -0.25) is 0 Å². The van der Waals surface area contributed by atoms with Gasteiger partial charge in [-0.1, -0.05) is 47.0 Å². The van der Waals surface area contributed by atoms with Gasteiger partial charge in [-0.2, -0.15) is 0 Å². The van der Waals surface area contributed by atoms with Gasteiger partial charge < -0.3 is 10.1 Å². The van der Waals surface area contributed by atoms with E-state index in [-0.39, 0.29) is 0 Å². The van der Waals surface area contributed by atoms with E-state index in [0.29, 0.717) is 28.4 Å². The van der Waals surface area contributed by atoms with Gasteiger partial charge in [0.25, 0.3) is 0 Å². The minimum atomic E-state index is 0.470. The molecule has 1 N–H and O–H groups in total. The SMILES string of the molecule is CCOC1CC(NCC2C(C)(C)C2(C)C)C12CCCCC2. The van der Waals surface area contributed by atoms with Crippen LogP contribution >= 0.6 is 0 Å². The summed E-state index contributed by atoms with van der Waals surface area (Å²) < 4.78 is 6.07. The molecule has 2 heteroatoms. The molecule has 0 aromatic carbocycles. The molecule has 2 nitrogen and oxygen atoms in total. The summed E-state index contributed by atoms with van der Waals surface area (Å²) in [7, 11) is 0. The summed E-state index contributed by atoms with van der Waals surface area (Å²) in [5.74, 6) is 0.830. The summed E-state index contributed by atoms with van der Waals surface area (Å²) in [5, 5.41) is 3.96. The van der Waals surface area contributed by atoms with Gasteiger partial charge in [-0.25, -0.2) is 0 Å². The van der Waals surface area contributed by atoms with Gasteiger partial charge in [-0.15, -0.1) is 0 Å². The van der Waals surface area contributed by atoms with Crippen molar-refractivity contribution >= 4 is 0 Å². The summed E-state index contributed by atoms with van der Waals surface area (Å²) in [6.07, 6.45) is 8.77. The van der Waals surface area contributed by atoms with Crippen LogP contribution in [0.1, 0.15) is 73.1 Å². The second-order valence-corrected chi connectivity index (χ2v) is 8.93. The first-order valence-electron chi connectivity index (χ1n) is 9.21. The lowest BCUT2D eigenvalue weighted by Gasteiger charge is -2.58. The third-order valence-electron chi connectivity index (χ3n) is 7.83. The molecule has 3 aliphatic rings. The zero-order valence-corrected chi connectivity index (χ0v) is 14.8. The first kappa shape index (κ1) is 15.8. The van der Waals surface area contributed by atoms with Crippen LogP contribution in [0.15, 0.2) is 0 Å². The van der Waals surface area contributed by atoms with Gasteiger partial charge in [0.15, 0.2) is 0 Å². The molecule has 0 aliphatic heterocycles. The molecule has 3 rings (SSSR count). The predicted molar refractivity (Wildman–Crippen MR) is 88.4 cm³/mol. The molecular weight excluding hydrogens is 258 g/mol. The fraction of sp³-hybridized carbons (Fsp3) is 1.00. The molecule has 122 valence electrons. The minimum absolute atomic E-state index is 0.470. The molecule has 0 amide bonds. The Morgan fingerprint density at radius 3 is 2.14 bits per heavy atom. The summed E-state index contributed by atoms with van der Waals surface area (Å²) in [4.78, 5) is 0. The average molecular weight is 293 g/mol. The zero-order valence-electron chi connectivity index (χ0n) is 14.8. The first-order chi connectivity index (χ1) is 9.86. The van der Waals surface area contributed by atoms with Crippen molar-refractivity contribution in [2.24, 2.45) is 22.2 Å². The van der Waals surface area contributed by atoms with E-state index in [1.807, 2.05) is 0 Å². The van der Waals surface area contributed by atoms with Crippen LogP contribution < -0.4 is 5.32 Å². The third-order valence-corrected chi connectivity index (χ3v) is 7.83. The minimum Gasteiger partial charge on any atom is -0.378 e. The summed E-state index contributed by atoms with van der Waals surface area (Å²) in [6.45, 7) is 13.9. The molecule has 21 heavy (non-hydrogen) atoms. The number of ether oxygens (including phenoxy) is 1. The number of hydrogen-bond acceptors (Lipinski definition) is 2. The largest absolute Gasteiger partial charge is 0.378 e. The quantitative estimate of drug-likeness (QED) is 0.812. The van der Waals surface area contributed by atoms with Gasteiger partial charge in [-0.05, 0) is 49.5 Å². The van der Waals surface area contributed by atoms with Crippen LogP contribution in [0.2, 0.25) is 0 Å². The molecule has 3 aliphatic carbocycles. The molecule has 0 aromatic rings. The van der Waals surface area contributed by atoms with Crippen LogP contribution in [-0.2, 0) is 4.74 Å². The first-order valence-corrected chi connectivity index (χ1v) is 9.21. The van der Waals surface area contributed by atoms with Crippen molar-refractivity contribution in [3.8, 4) is 0 Å². The van der Waals surface area contributed by atoms with E-state index >= 15 is 0 Å². The molecule has 1 spiro atoms. The Kier molecular flexibility index (Phi) is 3.94. The van der Waals surface area contributed by atoms with Gasteiger partial charge in [0.1, 0.15) is 0 Å². The van der Waals surface area contributed by atoms with Crippen molar-refractivity contribution in [2.45, 2.75) is 85.3 Å². The van der Waals surface area contributed by atoms with Crippen LogP contribution in [0.25, 0.3) is 0 Å². The highest BCUT2D eigenvalue weighted by Gasteiger charge is 2.64. The smallest absolute Gasteiger partial charge is 0.0661 e. The van der Waals surface area contributed by atoms with E-state index in [9.17, 15) is 0 Å². The maximum atomic E-state index is 6.07. The maximum absolute atomic E-state index is 6.07. The molecule has 2 atom stereocenters. The van der Waals surface area contributed by atoms with Crippen molar-refractivity contribution < 1.29 is 4.74 Å². The summed E-state index contributed by atoms with van der Waals surface area (Å²) in [6, 6.07) is 0.710. The molecule has 0 aromatic heterocycles. The second kappa shape index (κ2) is 5.23. The molecular formula is C19H35NO. The van der Waals surface area contributed by atoms with Crippen LogP contribution in [-0.4, -0.2) is 25.3 Å². The Bertz CT molecular complexity index is 367. The molecule has 0 heterocycles. The highest BCUT2D eigenvalue weighted by atomic mass is 16.5. The van der Waals surface area contributed by atoms with E-state index in [4.69, 9.17) is 4.74 Å². The van der Waals surface area contributed by atoms with Crippen molar-refractivity contribution in [3.05, 3.63) is 0 Å². The number of nitrogens with one attached hydrogen (secondary N) is 1. The predicted octanol–water partition coefficient (Wildman–Crippen LogP) is 4.39. The van der Waals surface area contributed by atoms with E-state index in [1.165, 1.54) is 45.1 Å². The third kappa shape index (κ3) is 2.28. The lowest BCUT2D eigenvalue weighted by molar-refractivity contribution is -0.150.